The standard InChI is InChI=1S/C13H19N3O4/c1-4-19-10(17)9-7-20-12(15-9)16-6-5-13(2,8-16)11(18)14-3/h7H,4-6,8H2,1-3H3,(H,14,18). The number of ether oxygens (including phenoxy) is 1. The Morgan fingerprint density at radius 1 is 1.60 bits per heavy atom. The van der Waals surface area contributed by atoms with Crippen molar-refractivity contribution in [1.29, 1.82) is 0 Å². The van der Waals surface area contributed by atoms with Gasteiger partial charge in [-0.05, 0) is 20.3 Å². The molecule has 110 valence electrons. The maximum atomic E-state index is 11.8. The van der Waals surface area contributed by atoms with Crippen LogP contribution < -0.4 is 10.2 Å². The fourth-order valence-electron chi connectivity index (χ4n) is 2.32. The molecule has 0 saturated carbocycles. The second kappa shape index (κ2) is 5.52. The monoisotopic (exact) mass is 281 g/mol. The molecule has 0 spiro atoms. The largest absolute Gasteiger partial charge is 0.461 e. The molecule has 2 heterocycles. The third-order valence-corrected chi connectivity index (χ3v) is 3.50. The number of esters is 1. The lowest BCUT2D eigenvalue weighted by molar-refractivity contribution is -0.128. The number of carbonyl (C=O) groups is 2. The Labute approximate surface area is 117 Å². The minimum atomic E-state index is -0.504. The topological polar surface area (TPSA) is 84.7 Å². The Bertz CT molecular complexity index is 513. The summed E-state index contributed by atoms with van der Waals surface area (Å²) >= 11 is 0. The number of rotatable bonds is 4. The highest BCUT2D eigenvalue weighted by molar-refractivity contribution is 5.87. The minimum Gasteiger partial charge on any atom is -0.461 e. The van der Waals surface area contributed by atoms with Gasteiger partial charge in [-0.3, -0.25) is 4.79 Å². The molecular formula is C13H19N3O4. The molecule has 1 aromatic rings. The molecule has 0 bridgehead atoms. The highest BCUT2D eigenvalue weighted by Crippen LogP contribution is 2.33. The summed E-state index contributed by atoms with van der Waals surface area (Å²) in [4.78, 5) is 29.3. The van der Waals surface area contributed by atoms with Crippen molar-refractivity contribution in [3.05, 3.63) is 12.0 Å². The summed E-state index contributed by atoms with van der Waals surface area (Å²) in [5.74, 6) is -0.507. The molecule has 1 aromatic heterocycles. The van der Waals surface area contributed by atoms with Crippen LogP contribution >= 0.6 is 0 Å². The summed E-state index contributed by atoms with van der Waals surface area (Å²) < 4.78 is 10.2. The van der Waals surface area contributed by atoms with Crippen molar-refractivity contribution in [3.63, 3.8) is 0 Å². The van der Waals surface area contributed by atoms with E-state index in [0.717, 1.165) is 0 Å². The summed E-state index contributed by atoms with van der Waals surface area (Å²) in [6, 6.07) is 0.348. The third-order valence-electron chi connectivity index (χ3n) is 3.50. The van der Waals surface area contributed by atoms with Gasteiger partial charge in [0, 0.05) is 20.1 Å². The van der Waals surface area contributed by atoms with E-state index in [2.05, 4.69) is 10.3 Å². The maximum Gasteiger partial charge on any atom is 0.360 e. The molecule has 1 amide bonds. The van der Waals surface area contributed by atoms with E-state index in [1.807, 2.05) is 11.8 Å². The van der Waals surface area contributed by atoms with Gasteiger partial charge in [0.1, 0.15) is 6.26 Å². The molecule has 1 N–H and O–H groups in total. The van der Waals surface area contributed by atoms with Crippen LogP contribution in [0, 0.1) is 5.41 Å². The van der Waals surface area contributed by atoms with Crippen molar-refractivity contribution in [2.45, 2.75) is 20.3 Å². The van der Waals surface area contributed by atoms with Gasteiger partial charge in [0.15, 0.2) is 5.69 Å². The average Bonchev–Trinajstić information content (AvgIpc) is 3.05. The molecule has 1 unspecified atom stereocenters. The van der Waals surface area contributed by atoms with Crippen LogP contribution in [0.1, 0.15) is 30.8 Å². The number of anilines is 1. The fourth-order valence-corrected chi connectivity index (χ4v) is 2.32. The zero-order chi connectivity index (χ0) is 14.8. The Balaban J connectivity index is 2.07. The molecule has 2 rings (SSSR count). The normalized spacial score (nSPS) is 21.9. The molecule has 7 heteroatoms. The highest BCUT2D eigenvalue weighted by Gasteiger charge is 2.41. The van der Waals surface area contributed by atoms with Crippen molar-refractivity contribution in [3.8, 4) is 0 Å². The zero-order valence-corrected chi connectivity index (χ0v) is 11.9. The minimum absolute atomic E-state index is 0.00262. The first-order valence-corrected chi connectivity index (χ1v) is 6.60. The van der Waals surface area contributed by atoms with Crippen LogP contribution in [0.15, 0.2) is 10.7 Å². The highest BCUT2D eigenvalue weighted by atomic mass is 16.5. The second-order valence-corrected chi connectivity index (χ2v) is 5.05. The molecular weight excluding hydrogens is 262 g/mol. The van der Waals surface area contributed by atoms with Gasteiger partial charge in [-0.15, -0.1) is 0 Å². The van der Waals surface area contributed by atoms with Crippen molar-refractivity contribution in [2.24, 2.45) is 5.41 Å². The van der Waals surface area contributed by atoms with Crippen LogP contribution in [0.3, 0.4) is 0 Å². The van der Waals surface area contributed by atoms with E-state index in [9.17, 15) is 9.59 Å². The zero-order valence-electron chi connectivity index (χ0n) is 11.9. The van der Waals surface area contributed by atoms with E-state index in [1.165, 1.54) is 6.26 Å². The predicted octanol–water partition coefficient (Wildman–Crippen LogP) is 0.814. The molecule has 1 aliphatic heterocycles. The Hall–Kier alpha value is -2.05. The Morgan fingerprint density at radius 2 is 2.35 bits per heavy atom. The lowest BCUT2D eigenvalue weighted by Gasteiger charge is -2.21. The molecule has 20 heavy (non-hydrogen) atoms. The van der Waals surface area contributed by atoms with Gasteiger partial charge in [0.05, 0.1) is 12.0 Å². The summed E-state index contributed by atoms with van der Waals surface area (Å²) in [6.07, 6.45) is 1.99. The van der Waals surface area contributed by atoms with E-state index in [4.69, 9.17) is 9.15 Å². The molecule has 0 aliphatic carbocycles. The van der Waals surface area contributed by atoms with Crippen molar-refractivity contribution < 1.29 is 18.7 Å². The van der Waals surface area contributed by atoms with Gasteiger partial charge in [-0.25, -0.2) is 4.79 Å². The summed E-state index contributed by atoms with van der Waals surface area (Å²) in [5, 5.41) is 2.67. The molecule has 1 saturated heterocycles. The van der Waals surface area contributed by atoms with E-state index in [1.54, 1.807) is 14.0 Å². The second-order valence-electron chi connectivity index (χ2n) is 5.05. The smallest absolute Gasteiger partial charge is 0.360 e. The van der Waals surface area contributed by atoms with Crippen LogP contribution in [0.4, 0.5) is 6.01 Å². The molecule has 1 fully saturated rings. The van der Waals surface area contributed by atoms with E-state index < -0.39 is 11.4 Å². The predicted molar refractivity (Wildman–Crippen MR) is 71.5 cm³/mol. The van der Waals surface area contributed by atoms with Crippen LogP contribution in [0.25, 0.3) is 0 Å². The molecule has 7 nitrogen and oxygen atoms in total. The van der Waals surface area contributed by atoms with E-state index in [0.29, 0.717) is 32.1 Å². The molecule has 0 aromatic carbocycles. The number of hydrogen-bond acceptors (Lipinski definition) is 6. The number of nitrogens with one attached hydrogen (secondary N) is 1. The van der Waals surface area contributed by atoms with Crippen LogP contribution in [0.2, 0.25) is 0 Å². The number of nitrogens with zero attached hydrogens (tertiary/aromatic N) is 2. The maximum absolute atomic E-state index is 11.8. The Kier molecular flexibility index (Phi) is 3.96. The van der Waals surface area contributed by atoms with Crippen molar-refractivity contribution in [1.82, 2.24) is 10.3 Å². The van der Waals surface area contributed by atoms with E-state index >= 15 is 0 Å². The average molecular weight is 281 g/mol. The number of oxazole rings is 1. The Morgan fingerprint density at radius 3 is 3.00 bits per heavy atom. The summed E-state index contributed by atoms with van der Waals surface area (Å²) in [6.45, 7) is 5.09. The molecule has 0 radical (unpaired) electrons. The third kappa shape index (κ3) is 2.61. The van der Waals surface area contributed by atoms with Crippen molar-refractivity contribution >= 4 is 17.9 Å². The number of carbonyl (C=O) groups excluding carboxylic acids is 2. The first-order chi connectivity index (χ1) is 9.50. The molecule has 1 aliphatic rings. The molecule has 1 atom stereocenters. The van der Waals surface area contributed by atoms with Crippen LogP contribution in [0.5, 0.6) is 0 Å². The number of hydrogen-bond donors (Lipinski definition) is 1. The van der Waals surface area contributed by atoms with Gasteiger partial charge >= 0.3 is 5.97 Å². The summed E-state index contributed by atoms with van der Waals surface area (Å²) in [5.41, 5.74) is -0.316. The number of amides is 1. The van der Waals surface area contributed by atoms with Gasteiger partial charge < -0.3 is 19.4 Å². The van der Waals surface area contributed by atoms with Gasteiger partial charge in [0.2, 0.25) is 5.91 Å². The van der Waals surface area contributed by atoms with Gasteiger partial charge in [-0.2, -0.15) is 4.98 Å². The summed E-state index contributed by atoms with van der Waals surface area (Å²) in [7, 11) is 1.63. The first kappa shape index (κ1) is 14.4. The van der Waals surface area contributed by atoms with Crippen LogP contribution in [-0.2, 0) is 9.53 Å². The van der Waals surface area contributed by atoms with Gasteiger partial charge in [0.25, 0.3) is 6.01 Å². The number of aromatic nitrogens is 1. The van der Waals surface area contributed by atoms with Crippen LogP contribution in [-0.4, -0.2) is 43.6 Å². The van der Waals surface area contributed by atoms with Crippen molar-refractivity contribution in [2.75, 3.05) is 31.6 Å². The lowest BCUT2D eigenvalue weighted by atomic mass is 9.89. The quantitative estimate of drug-likeness (QED) is 0.822. The van der Waals surface area contributed by atoms with E-state index in [-0.39, 0.29) is 11.6 Å². The SMILES string of the molecule is CCOC(=O)c1coc(N2CCC(C)(C(=O)NC)C2)n1. The first-order valence-electron chi connectivity index (χ1n) is 6.60. The van der Waals surface area contributed by atoms with Gasteiger partial charge in [-0.1, -0.05) is 0 Å². The fraction of sp³-hybridized carbons (Fsp3) is 0.615. The lowest BCUT2D eigenvalue weighted by Crippen LogP contribution is -2.39.